The summed E-state index contributed by atoms with van der Waals surface area (Å²) in [7, 11) is 1.64. The number of benzene rings is 1. The van der Waals surface area contributed by atoms with Gasteiger partial charge >= 0.3 is 0 Å². The van der Waals surface area contributed by atoms with Crippen molar-refractivity contribution in [2.24, 2.45) is 5.41 Å². The molecule has 2 atom stereocenters. The first-order valence-corrected chi connectivity index (χ1v) is 8.23. The monoisotopic (exact) mass is 312 g/mol. The van der Waals surface area contributed by atoms with Gasteiger partial charge in [0.2, 0.25) is 0 Å². The molecule has 0 bridgehead atoms. The molecule has 0 heterocycles. The van der Waals surface area contributed by atoms with E-state index in [4.69, 9.17) is 4.74 Å². The number of rotatable bonds is 2. The third-order valence-electron chi connectivity index (χ3n) is 5.43. The van der Waals surface area contributed by atoms with Gasteiger partial charge in [-0.15, -0.1) is 0 Å². The molecular weight excluding hydrogens is 288 g/mol. The summed E-state index contributed by atoms with van der Waals surface area (Å²) in [5, 5.41) is 10.5. The van der Waals surface area contributed by atoms with E-state index < -0.39 is 0 Å². The Morgan fingerprint density at radius 3 is 2.65 bits per heavy atom. The minimum Gasteiger partial charge on any atom is -0.497 e. The van der Waals surface area contributed by atoms with Gasteiger partial charge in [0.1, 0.15) is 5.75 Å². The van der Waals surface area contributed by atoms with Crippen LogP contribution in [0.1, 0.15) is 45.1 Å². The van der Waals surface area contributed by atoms with Crippen molar-refractivity contribution in [1.29, 1.82) is 0 Å². The van der Waals surface area contributed by atoms with Gasteiger partial charge in [0.25, 0.3) is 0 Å². The number of hydrogen-bond donors (Lipinski definition) is 1. The summed E-state index contributed by atoms with van der Waals surface area (Å²) >= 11 is 0. The van der Waals surface area contributed by atoms with Gasteiger partial charge < -0.3 is 9.84 Å². The number of methoxy groups -OCH3 is 1. The highest BCUT2D eigenvalue weighted by Gasteiger charge is 2.45. The average molecular weight is 312 g/mol. The maximum absolute atomic E-state index is 12.7. The molecular formula is C20H24O3. The first-order chi connectivity index (χ1) is 11.0. The molecule has 0 aromatic heterocycles. The van der Waals surface area contributed by atoms with E-state index in [2.05, 4.69) is 6.92 Å². The lowest BCUT2D eigenvalue weighted by Crippen LogP contribution is -2.42. The molecule has 0 saturated heterocycles. The molecule has 1 aromatic carbocycles. The molecule has 1 fully saturated rings. The molecule has 0 radical (unpaired) electrons. The summed E-state index contributed by atoms with van der Waals surface area (Å²) in [6, 6.07) is 7.69. The highest BCUT2D eigenvalue weighted by Crippen LogP contribution is 2.50. The van der Waals surface area contributed by atoms with Crippen molar-refractivity contribution in [3.05, 3.63) is 46.5 Å². The summed E-state index contributed by atoms with van der Waals surface area (Å²) in [5.41, 5.74) is 3.47. The van der Waals surface area contributed by atoms with Crippen molar-refractivity contribution >= 4 is 11.9 Å². The largest absolute Gasteiger partial charge is 0.497 e. The van der Waals surface area contributed by atoms with E-state index in [0.29, 0.717) is 6.42 Å². The van der Waals surface area contributed by atoms with E-state index in [1.165, 1.54) is 0 Å². The third-order valence-corrected chi connectivity index (χ3v) is 5.43. The fraction of sp³-hybridized carbons (Fsp3) is 0.450. The van der Waals surface area contributed by atoms with Gasteiger partial charge in [-0.05, 0) is 62.0 Å². The van der Waals surface area contributed by atoms with Gasteiger partial charge in [-0.3, -0.25) is 4.79 Å². The normalized spacial score (nSPS) is 29.7. The van der Waals surface area contributed by atoms with Crippen molar-refractivity contribution in [2.75, 3.05) is 7.11 Å². The first kappa shape index (κ1) is 16.0. The Kier molecular flexibility index (Phi) is 4.15. The molecule has 1 saturated carbocycles. The summed E-state index contributed by atoms with van der Waals surface area (Å²) in [4.78, 5) is 12.7. The highest BCUT2D eigenvalue weighted by molar-refractivity contribution is 6.12. The van der Waals surface area contributed by atoms with Crippen LogP contribution < -0.4 is 4.74 Å². The van der Waals surface area contributed by atoms with Crippen molar-refractivity contribution in [3.63, 3.8) is 0 Å². The molecule has 0 unspecified atom stereocenters. The SMILES string of the molecule is COc1ccc(/C=C2\C[C@@]3(C)C(=C(C)C2=O)CCC[C@@H]3O)cc1. The second-order valence-electron chi connectivity index (χ2n) is 6.88. The molecule has 23 heavy (non-hydrogen) atoms. The number of allylic oxidation sites excluding steroid dienone is 2. The zero-order valence-electron chi connectivity index (χ0n) is 14.1. The van der Waals surface area contributed by atoms with Gasteiger partial charge in [-0.1, -0.05) is 24.6 Å². The fourth-order valence-corrected chi connectivity index (χ4v) is 3.99. The number of aliphatic hydroxyl groups excluding tert-OH is 1. The second kappa shape index (κ2) is 5.97. The Balaban J connectivity index is 1.99. The molecule has 3 nitrogen and oxygen atoms in total. The number of carbonyl (C=O) groups excluding carboxylic acids is 1. The summed E-state index contributed by atoms with van der Waals surface area (Å²) in [5.74, 6) is 0.928. The number of ether oxygens (including phenoxy) is 1. The van der Waals surface area contributed by atoms with E-state index in [1.54, 1.807) is 7.11 Å². The van der Waals surface area contributed by atoms with Crippen LogP contribution in [0.3, 0.4) is 0 Å². The Morgan fingerprint density at radius 1 is 1.30 bits per heavy atom. The van der Waals surface area contributed by atoms with E-state index in [9.17, 15) is 9.90 Å². The van der Waals surface area contributed by atoms with Crippen molar-refractivity contribution in [2.45, 2.75) is 45.6 Å². The van der Waals surface area contributed by atoms with Crippen LogP contribution in [0.4, 0.5) is 0 Å². The van der Waals surface area contributed by atoms with Gasteiger partial charge in [-0.25, -0.2) is 0 Å². The molecule has 0 amide bonds. The minimum atomic E-state index is -0.367. The van der Waals surface area contributed by atoms with Crippen LogP contribution in [0.5, 0.6) is 5.75 Å². The van der Waals surface area contributed by atoms with Gasteiger partial charge in [0.15, 0.2) is 5.78 Å². The highest BCUT2D eigenvalue weighted by atomic mass is 16.5. The molecule has 3 heteroatoms. The lowest BCUT2D eigenvalue weighted by atomic mass is 9.61. The molecule has 2 aliphatic carbocycles. The summed E-state index contributed by atoms with van der Waals surface area (Å²) in [6.45, 7) is 4.01. The lowest BCUT2D eigenvalue weighted by Gasteiger charge is -2.45. The predicted octanol–water partition coefficient (Wildman–Crippen LogP) is 3.92. The predicted molar refractivity (Wildman–Crippen MR) is 91.3 cm³/mol. The summed E-state index contributed by atoms with van der Waals surface area (Å²) < 4.78 is 5.17. The van der Waals surface area contributed by atoms with Crippen LogP contribution in [-0.4, -0.2) is 24.1 Å². The van der Waals surface area contributed by atoms with Crippen LogP contribution in [0, 0.1) is 5.41 Å². The van der Waals surface area contributed by atoms with Crippen molar-refractivity contribution in [1.82, 2.24) is 0 Å². The van der Waals surface area contributed by atoms with Crippen LogP contribution >= 0.6 is 0 Å². The van der Waals surface area contributed by atoms with E-state index in [0.717, 1.165) is 47.3 Å². The number of aliphatic hydroxyl groups is 1. The summed E-state index contributed by atoms with van der Waals surface area (Å²) in [6.07, 6.45) is 4.92. The molecule has 122 valence electrons. The molecule has 0 spiro atoms. The molecule has 1 aromatic rings. The third kappa shape index (κ3) is 2.74. The molecule has 1 N–H and O–H groups in total. The zero-order valence-corrected chi connectivity index (χ0v) is 14.1. The fourth-order valence-electron chi connectivity index (χ4n) is 3.99. The zero-order chi connectivity index (χ0) is 16.6. The maximum Gasteiger partial charge on any atom is 0.184 e. The van der Waals surface area contributed by atoms with Crippen LogP contribution in [0.2, 0.25) is 0 Å². The number of hydrogen-bond acceptors (Lipinski definition) is 3. The molecule has 3 rings (SSSR count). The van der Waals surface area contributed by atoms with Gasteiger partial charge in [0, 0.05) is 11.0 Å². The lowest BCUT2D eigenvalue weighted by molar-refractivity contribution is -0.113. The topological polar surface area (TPSA) is 46.5 Å². The number of fused-ring (bicyclic) bond motifs is 1. The van der Waals surface area contributed by atoms with E-state index >= 15 is 0 Å². The van der Waals surface area contributed by atoms with Crippen LogP contribution in [0.15, 0.2) is 41.0 Å². The quantitative estimate of drug-likeness (QED) is 0.842. The Bertz CT molecular complexity index is 681. The maximum atomic E-state index is 12.7. The molecule has 2 aliphatic rings. The van der Waals surface area contributed by atoms with Crippen molar-refractivity contribution < 1.29 is 14.6 Å². The smallest absolute Gasteiger partial charge is 0.184 e. The minimum absolute atomic E-state index is 0.127. The number of ketones is 1. The number of carbonyl (C=O) groups is 1. The molecule has 0 aliphatic heterocycles. The van der Waals surface area contributed by atoms with E-state index in [-0.39, 0.29) is 17.3 Å². The second-order valence-corrected chi connectivity index (χ2v) is 6.88. The van der Waals surface area contributed by atoms with Gasteiger partial charge in [0.05, 0.1) is 13.2 Å². The van der Waals surface area contributed by atoms with E-state index in [1.807, 2.05) is 37.3 Å². The average Bonchev–Trinajstić information content (AvgIpc) is 2.55. The number of Topliss-reactive ketones (excluding diaryl/α,β-unsaturated/α-hetero) is 1. The standard InChI is InChI=1S/C20H24O3/c1-13-17-5-4-6-18(21)20(17,2)12-15(19(13)22)11-14-7-9-16(23-3)10-8-14/h7-11,18,21H,4-6,12H2,1-3H3/b15-11+/t18-,20-/m0/s1. The Labute approximate surface area is 137 Å². The van der Waals surface area contributed by atoms with Crippen LogP contribution in [0.25, 0.3) is 6.08 Å². The Morgan fingerprint density at radius 2 is 2.00 bits per heavy atom. The van der Waals surface area contributed by atoms with Crippen molar-refractivity contribution in [3.8, 4) is 5.75 Å². The Hall–Kier alpha value is -1.87. The van der Waals surface area contributed by atoms with Gasteiger partial charge in [-0.2, -0.15) is 0 Å². The van der Waals surface area contributed by atoms with Crippen LogP contribution in [-0.2, 0) is 4.79 Å². The first-order valence-electron chi connectivity index (χ1n) is 8.23.